The van der Waals surface area contributed by atoms with E-state index in [1.807, 2.05) is 39.1 Å². The van der Waals surface area contributed by atoms with E-state index in [1.54, 1.807) is 18.6 Å². The van der Waals surface area contributed by atoms with E-state index in [0.29, 0.717) is 5.82 Å². The van der Waals surface area contributed by atoms with Crippen molar-refractivity contribution in [1.82, 2.24) is 24.9 Å². The summed E-state index contributed by atoms with van der Waals surface area (Å²) in [5.41, 5.74) is 4.71. The molecule has 5 nitrogen and oxygen atoms in total. The van der Waals surface area contributed by atoms with Gasteiger partial charge >= 0.3 is 0 Å². The van der Waals surface area contributed by atoms with Gasteiger partial charge in [0.1, 0.15) is 5.82 Å². The van der Waals surface area contributed by atoms with Crippen molar-refractivity contribution in [3.63, 3.8) is 0 Å². The second kappa shape index (κ2) is 5.36. The zero-order chi connectivity index (χ0) is 14.8. The van der Waals surface area contributed by atoms with Crippen molar-refractivity contribution < 1.29 is 0 Å². The lowest BCUT2D eigenvalue weighted by atomic mass is 10.1. The van der Waals surface area contributed by atoms with Crippen LogP contribution in [0.25, 0.3) is 22.6 Å². The van der Waals surface area contributed by atoms with Crippen LogP contribution in [0.2, 0.25) is 0 Å². The molecule has 3 rings (SSSR count). The molecule has 0 fully saturated rings. The Balaban J connectivity index is 2.07. The Morgan fingerprint density at radius 2 is 1.67 bits per heavy atom. The van der Waals surface area contributed by atoms with E-state index in [4.69, 9.17) is 0 Å². The third kappa shape index (κ3) is 2.63. The molecule has 0 aliphatic carbocycles. The van der Waals surface area contributed by atoms with Crippen LogP contribution in [-0.2, 0) is 0 Å². The fourth-order valence-electron chi connectivity index (χ4n) is 2.15. The van der Waals surface area contributed by atoms with Gasteiger partial charge in [0, 0.05) is 35.9 Å². The summed E-state index contributed by atoms with van der Waals surface area (Å²) in [5.74, 6) is 1.42. The van der Waals surface area contributed by atoms with E-state index in [2.05, 4.69) is 24.9 Å². The normalized spacial score (nSPS) is 10.6. The number of aryl methyl sites for hydroxylation is 3. The average molecular weight is 277 g/mol. The highest BCUT2D eigenvalue weighted by Crippen LogP contribution is 2.23. The summed E-state index contributed by atoms with van der Waals surface area (Å²) in [6.07, 6.45) is 7.12. The minimum atomic E-state index is 0.688. The van der Waals surface area contributed by atoms with Crippen LogP contribution >= 0.6 is 0 Å². The Morgan fingerprint density at radius 1 is 0.810 bits per heavy atom. The van der Waals surface area contributed by atoms with Gasteiger partial charge in [0.15, 0.2) is 5.82 Å². The van der Waals surface area contributed by atoms with Crippen molar-refractivity contribution in [2.45, 2.75) is 20.8 Å². The molecule has 3 heterocycles. The van der Waals surface area contributed by atoms with Crippen LogP contribution in [0, 0.1) is 20.8 Å². The van der Waals surface area contributed by atoms with Crippen molar-refractivity contribution in [2.75, 3.05) is 0 Å². The van der Waals surface area contributed by atoms with E-state index in [-0.39, 0.29) is 0 Å². The maximum atomic E-state index is 4.60. The molecule has 0 aromatic carbocycles. The van der Waals surface area contributed by atoms with E-state index in [1.165, 1.54) is 0 Å². The van der Waals surface area contributed by atoms with Crippen LogP contribution in [0.5, 0.6) is 0 Å². The molecule has 0 bridgehead atoms. The van der Waals surface area contributed by atoms with E-state index < -0.39 is 0 Å². The smallest absolute Gasteiger partial charge is 0.161 e. The first-order valence-electron chi connectivity index (χ1n) is 6.70. The minimum Gasteiger partial charge on any atom is -0.264 e. The minimum absolute atomic E-state index is 0.688. The Morgan fingerprint density at radius 3 is 2.38 bits per heavy atom. The molecule has 3 aromatic rings. The molecule has 0 aliphatic heterocycles. The molecule has 104 valence electrons. The van der Waals surface area contributed by atoms with Gasteiger partial charge in [-0.2, -0.15) is 0 Å². The standard InChI is InChI=1S/C16H15N5/c1-10-4-6-17-8-13(10)16-19-9-14(11(2)20-16)15-5-7-18-12(3)21-15/h4-9H,1-3H3. The van der Waals surface area contributed by atoms with Crippen LogP contribution in [-0.4, -0.2) is 24.9 Å². The monoisotopic (exact) mass is 277 g/mol. The largest absolute Gasteiger partial charge is 0.264 e. The van der Waals surface area contributed by atoms with Crippen molar-refractivity contribution in [3.8, 4) is 22.6 Å². The lowest BCUT2D eigenvalue weighted by Gasteiger charge is -2.08. The molecule has 0 saturated carbocycles. The first kappa shape index (κ1) is 13.3. The molecule has 0 aliphatic rings. The number of aromatic nitrogens is 5. The van der Waals surface area contributed by atoms with Gasteiger partial charge in [-0.15, -0.1) is 0 Å². The van der Waals surface area contributed by atoms with Crippen molar-refractivity contribution in [1.29, 1.82) is 0 Å². The van der Waals surface area contributed by atoms with Crippen molar-refractivity contribution >= 4 is 0 Å². The van der Waals surface area contributed by atoms with E-state index >= 15 is 0 Å². The molecule has 0 spiro atoms. The molecule has 0 atom stereocenters. The quantitative estimate of drug-likeness (QED) is 0.720. The third-order valence-electron chi connectivity index (χ3n) is 3.31. The Hall–Kier alpha value is -2.69. The fourth-order valence-corrected chi connectivity index (χ4v) is 2.15. The van der Waals surface area contributed by atoms with E-state index in [0.717, 1.165) is 33.9 Å². The van der Waals surface area contributed by atoms with Gasteiger partial charge in [-0.25, -0.2) is 19.9 Å². The zero-order valence-corrected chi connectivity index (χ0v) is 12.2. The van der Waals surface area contributed by atoms with Gasteiger partial charge in [0.25, 0.3) is 0 Å². The maximum Gasteiger partial charge on any atom is 0.161 e. The van der Waals surface area contributed by atoms with Crippen LogP contribution in [0.15, 0.2) is 36.9 Å². The number of pyridine rings is 1. The Bertz CT molecular complexity index is 798. The summed E-state index contributed by atoms with van der Waals surface area (Å²) in [7, 11) is 0. The first-order valence-corrected chi connectivity index (χ1v) is 6.70. The second-order valence-electron chi connectivity index (χ2n) is 4.87. The molecule has 0 radical (unpaired) electrons. The zero-order valence-electron chi connectivity index (χ0n) is 12.2. The Kier molecular flexibility index (Phi) is 3.39. The predicted molar refractivity (Wildman–Crippen MR) is 80.5 cm³/mol. The number of hydrogen-bond donors (Lipinski definition) is 0. The van der Waals surface area contributed by atoms with Gasteiger partial charge < -0.3 is 0 Å². The lowest BCUT2D eigenvalue weighted by molar-refractivity contribution is 1.04. The van der Waals surface area contributed by atoms with Crippen LogP contribution in [0.3, 0.4) is 0 Å². The number of rotatable bonds is 2. The maximum absolute atomic E-state index is 4.60. The molecule has 0 saturated heterocycles. The third-order valence-corrected chi connectivity index (χ3v) is 3.31. The van der Waals surface area contributed by atoms with Gasteiger partial charge in [-0.05, 0) is 38.5 Å². The molecular weight excluding hydrogens is 262 g/mol. The number of hydrogen-bond acceptors (Lipinski definition) is 5. The van der Waals surface area contributed by atoms with Crippen LogP contribution in [0.4, 0.5) is 0 Å². The predicted octanol–water partition coefficient (Wildman–Crippen LogP) is 2.92. The summed E-state index contributed by atoms with van der Waals surface area (Å²) >= 11 is 0. The molecule has 0 N–H and O–H groups in total. The summed E-state index contributed by atoms with van der Waals surface area (Å²) in [5, 5.41) is 0. The molecule has 3 aromatic heterocycles. The Labute approximate surface area is 123 Å². The highest BCUT2D eigenvalue weighted by molar-refractivity contribution is 5.64. The van der Waals surface area contributed by atoms with Gasteiger partial charge in [-0.1, -0.05) is 0 Å². The SMILES string of the molecule is Cc1nccc(-c2cnc(-c3cnccc3C)nc2C)n1. The fraction of sp³-hybridized carbons (Fsp3) is 0.188. The van der Waals surface area contributed by atoms with Gasteiger partial charge in [0.2, 0.25) is 0 Å². The van der Waals surface area contributed by atoms with E-state index in [9.17, 15) is 0 Å². The van der Waals surface area contributed by atoms with Crippen molar-refractivity contribution in [2.24, 2.45) is 0 Å². The molecular formula is C16H15N5. The molecule has 21 heavy (non-hydrogen) atoms. The average Bonchev–Trinajstić information content (AvgIpc) is 2.47. The topological polar surface area (TPSA) is 64.5 Å². The van der Waals surface area contributed by atoms with Crippen LogP contribution in [0.1, 0.15) is 17.1 Å². The van der Waals surface area contributed by atoms with Gasteiger partial charge in [-0.3, -0.25) is 4.98 Å². The summed E-state index contributed by atoms with van der Waals surface area (Å²) < 4.78 is 0. The second-order valence-corrected chi connectivity index (χ2v) is 4.87. The summed E-state index contributed by atoms with van der Waals surface area (Å²) in [6.45, 7) is 5.86. The highest BCUT2D eigenvalue weighted by atomic mass is 14.9. The van der Waals surface area contributed by atoms with Crippen LogP contribution < -0.4 is 0 Å². The highest BCUT2D eigenvalue weighted by Gasteiger charge is 2.10. The van der Waals surface area contributed by atoms with Crippen molar-refractivity contribution in [3.05, 3.63) is 54.0 Å². The first-order chi connectivity index (χ1) is 10.1. The summed E-state index contributed by atoms with van der Waals surface area (Å²) in [4.78, 5) is 21.7. The lowest BCUT2D eigenvalue weighted by Crippen LogP contribution is -1.98. The number of nitrogens with zero attached hydrogens (tertiary/aromatic N) is 5. The molecule has 0 unspecified atom stereocenters. The molecule has 0 amide bonds. The molecule has 5 heteroatoms. The van der Waals surface area contributed by atoms with Gasteiger partial charge in [0.05, 0.1) is 11.4 Å². The summed E-state index contributed by atoms with van der Waals surface area (Å²) in [6, 6.07) is 3.82.